The summed E-state index contributed by atoms with van der Waals surface area (Å²) in [5, 5.41) is 8.33. The van der Waals surface area contributed by atoms with Gasteiger partial charge in [-0.2, -0.15) is 5.10 Å². The Bertz CT molecular complexity index is 1050. The van der Waals surface area contributed by atoms with Gasteiger partial charge in [0.15, 0.2) is 5.65 Å². The third-order valence-electron chi connectivity index (χ3n) is 5.53. The summed E-state index contributed by atoms with van der Waals surface area (Å²) >= 11 is 0. The standard InChI is InChI=1S/C24H30N4O3/c1-5-17(3)28-23-21(15-25-28)20(13-16(2)26-23)24(30)27-19(11-12-22(29)31-4)14-18-9-7-6-8-10-18/h6-10,13,15,17,19H,5,11-12,14H2,1-4H3,(H,27,30)/t17-,19+/m0/s1. The first kappa shape index (κ1) is 22.5. The van der Waals surface area contributed by atoms with Gasteiger partial charge in [-0.3, -0.25) is 9.59 Å². The number of aromatic nitrogens is 3. The average molecular weight is 423 g/mol. The zero-order chi connectivity index (χ0) is 22.4. The van der Waals surface area contributed by atoms with Gasteiger partial charge in [0.1, 0.15) is 0 Å². The zero-order valence-corrected chi connectivity index (χ0v) is 18.6. The molecular weight excluding hydrogens is 392 g/mol. The molecule has 3 aromatic rings. The van der Waals surface area contributed by atoms with Crippen LogP contribution in [-0.4, -0.2) is 39.8 Å². The number of carbonyl (C=O) groups is 2. The van der Waals surface area contributed by atoms with Crippen molar-refractivity contribution in [3.05, 3.63) is 59.4 Å². The first-order chi connectivity index (χ1) is 14.9. The van der Waals surface area contributed by atoms with E-state index in [-0.39, 0.29) is 30.4 Å². The largest absolute Gasteiger partial charge is 0.469 e. The second kappa shape index (κ2) is 10.2. The monoisotopic (exact) mass is 422 g/mol. The maximum Gasteiger partial charge on any atom is 0.305 e. The first-order valence-electron chi connectivity index (χ1n) is 10.7. The Balaban J connectivity index is 1.87. The molecule has 0 unspecified atom stereocenters. The Hall–Kier alpha value is -3.22. The zero-order valence-electron chi connectivity index (χ0n) is 18.6. The van der Waals surface area contributed by atoms with Gasteiger partial charge in [-0.15, -0.1) is 0 Å². The highest BCUT2D eigenvalue weighted by Crippen LogP contribution is 2.23. The summed E-state index contributed by atoms with van der Waals surface area (Å²) < 4.78 is 6.65. The van der Waals surface area contributed by atoms with Crippen LogP contribution in [0.2, 0.25) is 0 Å². The maximum absolute atomic E-state index is 13.3. The Morgan fingerprint density at radius 3 is 2.65 bits per heavy atom. The minimum Gasteiger partial charge on any atom is -0.469 e. The molecule has 0 saturated carbocycles. The highest BCUT2D eigenvalue weighted by Gasteiger charge is 2.21. The lowest BCUT2D eigenvalue weighted by Gasteiger charge is -2.19. The summed E-state index contributed by atoms with van der Waals surface area (Å²) in [6.45, 7) is 6.05. The van der Waals surface area contributed by atoms with Crippen LogP contribution in [0.3, 0.4) is 0 Å². The number of nitrogens with one attached hydrogen (secondary N) is 1. The van der Waals surface area contributed by atoms with E-state index < -0.39 is 0 Å². The molecule has 1 amide bonds. The second-order valence-electron chi connectivity index (χ2n) is 7.87. The molecule has 3 rings (SSSR count). The van der Waals surface area contributed by atoms with Gasteiger partial charge in [-0.1, -0.05) is 37.3 Å². The van der Waals surface area contributed by atoms with Crippen molar-refractivity contribution in [3.63, 3.8) is 0 Å². The summed E-state index contributed by atoms with van der Waals surface area (Å²) in [6.07, 6.45) is 3.99. The molecule has 0 fully saturated rings. The van der Waals surface area contributed by atoms with E-state index in [1.54, 1.807) is 12.3 Å². The fourth-order valence-corrected chi connectivity index (χ4v) is 3.61. The highest BCUT2D eigenvalue weighted by atomic mass is 16.5. The fourth-order valence-electron chi connectivity index (χ4n) is 3.61. The van der Waals surface area contributed by atoms with Crippen molar-refractivity contribution in [2.24, 2.45) is 0 Å². The molecular formula is C24H30N4O3. The number of carbonyl (C=O) groups excluding carboxylic acids is 2. The lowest BCUT2D eigenvalue weighted by Crippen LogP contribution is -2.37. The van der Waals surface area contributed by atoms with Crippen LogP contribution in [0.1, 0.15) is 60.8 Å². The van der Waals surface area contributed by atoms with E-state index in [1.807, 2.05) is 41.9 Å². The molecule has 1 N–H and O–H groups in total. The van der Waals surface area contributed by atoms with Gasteiger partial charge in [-0.05, 0) is 44.7 Å². The van der Waals surface area contributed by atoms with Crippen LogP contribution in [0, 0.1) is 6.92 Å². The van der Waals surface area contributed by atoms with Crippen molar-refractivity contribution in [1.29, 1.82) is 0 Å². The van der Waals surface area contributed by atoms with Crippen molar-refractivity contribution < 1.29 is 14.3 Å². The lowest BCUT2D eigenvalue weighted by molar-refractivity contribution is -0.140. The molecule has 2 atom stereocenters. The summed E-state index contributed by atoms with van der Waals surface area (Å²) in [5.41, 5.74) is 3.12. The van der Waals surface area contributed by atoms with Crippen molar-refractivity contribution in [1.82, 2.24) is 20.1 Å². The van der Waals surface area contributed by atoms with E-state index >= 15 is 0 Å². The molecule has 7 nitrogen and oxygen atoms in total. The summed E-state index contributed by atoms with van der Waals surface area (Å²) in [6, 6.07) is 11.7. The Morgan fingerprint density at radius 1 is 1.23 bits per heavy atom. The molecule has 0 spiro atoms. The van der Waals surface area contributed by atoms with E-state index in [4.69, 9.17) is 4.74 Å². The Labute approximate surface area is 182 Å². The Morgan fingerprint density at radius 2 is 1.97 bits per heavy atom. The van der Waals surface area contributed by atoms with Crippen LogP contribution in [0.15, 0.2) is 42.6 Å². The van der Waals surface area contributed by atoms with Crippen LogP contribution < -0.4 is 5.32 Å². The highest BCUT2D eigenvalue weighted by molar-refractivity contribution is 6.05. The van der Waals surface area contributed by atoms with Gasteiger partial charge < -0.3 is 10.1 Å². The number of hydrogen-bond donors (Lipinski definition) is 1. The predicted molar refractivity (Wildman–Crippen MR) is 120 cm³/mol. The molecule has 31 heavy (non-hydrogen) atoms. The predicted octanol–water partition coefficient (Wildman–Crippen LogP) is 4.01. The number of fused-ring (bicyclic) bond motifs is 1. The number of aryl methyl sites for hydroxylation is 1. The molecule has 0 aliphatic heterocycles. The van der Waals surface area contributed by atoms with E-state index in [2.05, 4.69) is 29.2 Å². The van der Waals surface area contributed by atoms with Gasteiger partial charge in [0.2, 0.25) is 0 Å². The number of esters is 1. The molecule has 0 aliphatic carbocycles. The quantitative estimate of drug-likeness (QED) is 0.527. The average Bonchev–Trinajstić information content (AvgIpc) is 3.20. The molecule has 0 aliphatic rings. The third-order valence-corrected chi connectivity index (χ3v) is 5.53. The van der Waals surface area contributed by atoms with E-state index in [0.29, 0.717) is 24.1 Å². The van der Waals surface area contributed by atoms with Crippen molar-refractivity contribution in [2.75, 3.05) is 7.11 Å². The van der Waals surface area contributed by atoms with Gasteiger partial charge in [0.25, 0.3) is 5.91 Å². The van der Waals surface area contributed by atoms with E-state index in [0.717, 1.165) is 23.1 Å². The number of ether oxygens (including phenoxy) is 1. The number of benzene rings is 1. The molecule has 0 bridgehead atoms. The molecule has 2 heterocycles. The van der Waals surface area contributed by atoms with Gasteiger partial charge in [0.05, 0.1) is 30.3 Å². The molecule has 2 aromatic heterocycles. The smallest absolute Gasteiger partial charge is 0.305 e. The summed E-state index contributed by atoms with van der Waals surface area (Å²) in [7, 11) is 1.37. The van der Waals surface area contributed by atoms with Gasteiger partial charge in [0, 0.05) is 18.2 Å². The number of amides is 1. The number of hydrogen-bond acceptors (Lipinski definition) is 5. The van der Waals surface area contributed by atoms with Crippen LogP contribution in [0.4, 0.5) is 0 Å². The van der Waals surface area contributed by atoms with Crippen molar-refractivity contribution in [2.45, 2.75) is 58.5 Å². The minimum absolute atomic E-state index is 0.189. The molecule has 0 radical (unpaired) electrons. The third kappa shape index (κ3) is 5.48. The van der Waals surface area contributed by atoms with Crippen LogP contribution in [0.5, 0.6) is 0 Å². The summed E-state index contributed by atoms with van der Waals surface area (Å²) in [5.74, 6) is -0.478. The van der Waals surface area contributed by atoms with E-state index in [1.165, 1.54) is 7.11 Å². The topological polar surface area (TPSA) is 86.1 Å². The van der Waals surface area contributed by atoms with Gasteiger partial charge in [-0.25, -0.2) is 9.67 Å². The lowest BCUT2D eigenvalue weighted by atomic mass is 10.0. The number of nitrogens with zero attached hydrogens (tertiary/aromatic N) is 3. The minimum atomic E-state index is -0.288. The molecule has 0 saturated heterocycles. The number of rotatable bonds is 9. The number of pyridine rings is 1. The van der Waals surface area contributed by atoms with Crippen LogP contribution in [-0.2, 0) is 16.0 Å². The number of methoxy groups -OCH3 is 1. The van der Waals surface area contributed by atoms with Crippen LogP contribution in [0.25, 0.3) is 11.0 Å². The molecule has 1 aromatic carbocycles. The molecule has 7 heteroatoms. The summed E-state index contributed by atoms with van der Waals surface area (Å²) in [4.78, 5) is 29.6. The second-order valence-corrected chi connectivity index (χ2v) is 7.87. The van der Waals surface area contributed by atoms with E-state index in [9.17, 15) is 9.59 Å². The van der Waals surface area contributed by atoms with Crippen LogP contribution >= 0.6 is 0 Å². The Kier molecular flexibility index (Phi) is 7.39. The fraction of sp³-hybridized carbons (Fsp3) is 0.417. The van der Waals surface area contributed by atoms with Crippen molar-refractivity contribution in [3.8, 4) is 0 Å². The molecule has 164 valence electrons. The van der Waals surface area contributed by atoms with Crippen molar-refractivity contribution >= 4 is 22.9 Å². The maximum atomic E-state index is 13.3. The normalized spacial score (nSPS) is 13.0. The van der Waals surface area contributed by atoms with Gasteiger partial charge >= 0.3 is 5.97 Å². The SMILES string of the molecule is CC[C@H](C)n1ncc2c(C(=O)N[C@H](CCC(=O)OC)Cc3ccccc3)cc(C)nc21. The first-order valence-corrected chi connectivity index (χ1v) is 10.7.